The maximum Gasteiger partial charge on any atom is 0.416 e. The third kappa shape index (κ3) is 6.17. The largest absolute Gasteiger partial charge is 0.493 e. The summed E-state index contributed by atoms with van der Waals surface area (Å²) in [5, 5.41) is 2.65. The predicted octanol–water partition coefficient (Wildman–Crippen LogP) is 5.21. The summed E-state index contributed by atoms with van der Waals surface area (Å²) in [7, 11) is -1.60. The van der Waals surface area contributed by atoms with Crippen molar-refractivity contribution in [1.29, 1.82) is 0 Å². The lowest BCUT2D eigenvalue weighted by Crippen LogP contribution is -2.38. The van der Waals surface area contributed by atoms with Gasteiger partial charge in [0.2, 0.25) is 5.91 Å². The number of benzene rings is 3. The molecule has 0 saturated heterocycles. The van der Waals surface area contributed by atoms with Crippen LogP contribution in [0, 0.1) is 0 Å². The van der Waals surface area contributed by atoms with E-state index in [9.17, 15) is 26.4 Å². The van der Waals surface area contributed by atoms with E-state index in [1.54, 1.807) is 0 Å². The van der Waals surface area contributed by atoms with Crippen molar-refractivity contribution in [2.45, 2.75) is 11.1 Å². The van der Waals surface area contributed by atoms with Gasteiger partial charge in [0.05, 0.1) is 30.4 Å². The fourth-order valence-corrected chi connectivity index (χ4v) is 4.69. The first kappa shape index (κ1) is 26.2. The van der Waals surface area contributed by atoms with E-state index in [2.05, 4.69) is 5.32 Å². The number of nitrogens with one attached hydrogen (secondary N) is 1. The molecule has 12 heteroatoms. The molecule has 0 unspecified atom stereocenters. The van der Waals surface area contributed by atoms with Crippen LogP contribution in [0.5, 0.6) is 11.5 Å². The molecule has 0 bridgehead atoms. The molecule has 35 heavy (non-hydrogen) atoms. The normalized spacial score (nSPS) is 11.6. The second-order valence-corrected chi connectivity index (χ2v) is 9.43. The number of alkyl halides is 3. The molecule has 0 aliphatic heterocycles. The average molecular weight is 529 g/mol. The van der Waals surface area contributed by atoms with Crippen LogP contribution in [0.25, 0.3) is 0 Å². The molecule has 0 aliphatic rings. The minimum atomic E-state index is -4.60. The lowest BCUT2D eigenvalue weighted by molar-refractivity contribution is -0.137. The van der Waals surface area contributed by atoms with E-state index in [1.165, 1.54) is 62.8 Å². The van der Waals surface area contributed by atoms with Gasteiger partial charge in [0.15, 0.2) is 11.5 Å². The number of rotatable bonds is 8. The molecule has 0 fully saturated rings. The monoisotopic (exact) mass is 528 g/mol. The lowest BCUT2D eigenvalue weighted by atomic mass is 10.2. The van der Waals surface area contributed by atoms with Crippen LogP contribution >= 0.6 is 11.6 Å². The van der Waals surface area contributed by atoms with Gasteiger partial charge in [0.25, 0.3) is 10.0 Å². The van der Waals surface area contributed by atoms with E-state index in [0.29, 0.717) is 10.8 Å². The number of amides is 1. The Kier molecular flexibility index (Phi) is 7.81. The van der Waals surface area contributed by atoms with Crippen LogP contribution < -0.4 is 19.1 Å². The van der Waals surface area contributed by atoms with Gasteiger partial charge in [-0.15, -0.1) is 0 Å². The molecule has 7 nitrogen and oxygen atoms in total. The summed E-state index contributed by atoms with van der Waals surface area (Å²) in [6, 6.07) is 13.6. The van der Waals surface area contributed by atoms with Crippen LogP contribution in [0.15, 0.2) is 71.6 Å². The molecule has 0 aromatic heterocycles. The molecule has 0 atom stereocenters. The van der Waals surface area contributed by atoms with Gasteiger partial charge in [-0.3, -0.25) is 9.10 Å². The van der Waals surface area contributed by atoms with E-state index in [-0.39, 0.29) is 22.0 Å². The van der Waals surface area contributed by atoms with Crippen molar-refractivity contribution in [2.75, 3.05) is 30.4 Å². The molecule has 0 radical (unpaired) electrons. The third-order valence-corrected chi connectivity index (χ3v) is 6.84. The van der Waals surface area contributed by atoms with E-state index < -0.39 is 34.2 Å². The van der Waals surface area contributed by atoms with Gasteiger partial charge in [-0.25, -0.2) is 8.42 Å². The van der Waals surface area contributed by atoms with Crippen molar-refractivity contribution in [3.63, 3.8) is 0 Å². The minimum Gasteiger partial charge on any atom is -0.493 e. The molecule has 0 saturated carbocycles. The fraction of sp³-hybridized carbons (Fsp3) is 0.174. The van der Waals surface area contributed by atoms with Gasteiger partial charge >= 0.3 is 6.18 Å². The Hall–Kier alpha value is -3.44. The van der Waals surface area contributed by atoms with Crippen molar-refractivity contribution in [3.05, 3.63) is 77.3 Å². The van der Waals surface area contributed by atoms with E-state index in [4.69, 9.17) is 21.1 Å². The summed E-state index contributed by atoms with van der Waals surface area (Å²) in [5.74, 6) is -0.409. The van der Waals surface area contributed by atoms with Crippen LogP contribution in [0.3, 0.4) is 0 Å². The SMILES string of the molecule is COc1ccc(S(=O)(=O)N(CC(=O)Nc2cccc(C(F)(F)F)c2)c2ccc(Cl)cc2)cc1OC. The molecule has 1 amide bonds. The summed E-state index contributed by atoms with van der Waals surface area (Å²) in [4.78, 5) is 12.6. The van der Waals surface area contributed by atoms with Crippen LogP contribution in [0.2, 0.25) is 5.02 Å². The van der Waals surface area contributed by atoms with Gasteiger partial charge in [-0.05, 0) is 54.6 Å². The van der Waals surface area contributed by atoms with Crippen molar-refractivity contribution in [2.24, 2.45) is 0 Å². The molecule has 0 aliphatic carbocycles. The first-order chi connectivity index (χ1) is 16.5. The fourth-order valence-electron chi connectivity index (χ4n) is 3.13. The number of halogens is 4. The highest BCUT2D eigenvalue weighted by atomic mass is 35.5. The topological polar surface area (TPSA) is 84.9 Å². The maximum absolute atomic E-state index is 13.5. The van der Waals surface area contributed by atoms with E-state index in [0.717, 1.165) is 22.5 Å². The van der Waals surface area contributed by atoms with Gasteiger partial charge in [-0.1, -0.05) is 17.7 Å². The molecule has 186 valence electrons. The van der Waals surface area contributed by atoms with Crippen molar-refractivity contribution in [1.82, 2.24) is 0 Å². The van der Waals surface area contributed by atoms with Crippen molar-refractivity contribution in [3.8, 4) is 11.5 Å². The zero-order chi connectivity index (χ0) is 25.8. The number of carbonyl (C=O) groups is 1. The average Bonchev–Trinajstić information content (AvgIpc) is 2.82. The standard InChI is InChI=1S/C23H20ClF3N2O5S/c1-33-20-11-10-19(13-21(20)34-2)35(31,32)29(18-8-6-16(24)7-9-18)14-22(30)28-17-5-3-4-15(12-17)23(25,26)27/h3-13H,14H2,1-2H3,(H,28,30). The van der Waals surface area contributed by atoms with Gasteiger partial charge in [0.1, 0.15) is 6.54 Å². The van der Waals surface area contributed by atoms with Crippen LogP contribution in [0.1, 0.15) is 5.56 Å². The zero-order valence-electron chi connectivity index (χ0n) is 18.5. The Morgan fingerprint density at radius 1 is 0.971 bits per heavy atom. The van der Waals surface area contributed by atoms with Crippen LogP contribution in [-0.4, -0.2) is 35.1 Å². The number of carbonyl (C=O) groups excluding carboxylic acids is 1. The second kappa shape index (κ2) is 10.4. The Labute approximate surface area is 205 Å². The van der Waals surface area contributed by atoms with Crippen molar-refractivity contribution >= 4 is 38.9 Å². The zero-order valence-corrected chi connectivity index (χ0v) is 20.0. The van der Waals surface area contributed by atoms with E-state index >= 15 is 0 Å². The van der Waals surface area contributed by atoms with Crippen LogP contribution in [-0.2, 0) is 21.0 Å². The number of ether oxygens (including phenoxy) is 2. The quantitative estimate of drug-likeness (QED) is 0.434. The predicted molar refractivity (Wildman–Crippen MR) is 126 cm³/mol. The first-order valence-electron chi connectivity index (χ1n) is 9.93. The summed E-state index contributed by atoms with van der Waals surface area (Å²) in [5.41, 5.74) is -0.976. The highest BCUT2D eigenvalue weighted by Gasteiger charge is 2.31. The smallest absolute Gasteiger partial charge is 0.416 e. The third-order valence-electron chi connectivity index (χ3n) is 4.82. The van der Waals surface area contributed by atoms with Gasteiger partial charge < -0.3 is 14.8 Å². The lowest BCUT2D eigenvalue weighted by Gasteiger charge is -2.24. The Balaban J connectivity index is 1.97. The molecular weight excluding hydrogens is 509 g/mol. The summed E-state index contributed by atoms with van der Waals surface area (Å²) in [6.07, 6.45) is -4.60. The number of nitrogens with zero attached hydrogens (tertiary/aromatic N) is 1. The van der Waals surface area contributed by atoms with E-state index in [1.807, 2.05) is 0 Å². The number of anilines is 2. The minimum absolute atomic E-state index is 0.114. The molecule has 0 spiro atoms. The maximum atomic E-state index is 13.5. The Morgan fingerprint density at radius 2 is 1.63 bits per heavy atom. The number of sulfonamides is 1. The summed E-state index contributed by atoms with van der Waals surface area (Å²) in [6.45, 7) is -0.728. The van der Waals surface area contributed by atoms with Gasteiger partial charge in [0, 0.05) is 16.8 Å². The van der Waals surface area contributed by atoms with Crippen LogP contribution in [0.4, 0.5) is 24.5 Å². The second-order valence-electron chi connectivity index (χ2n) is 7.13. The molecule has 3 aromatic carbocycles. The highest BCUT2D eigenvalue weighted by Crippen LogP contribution is 2.33. The first-order valence-corrected chi connectivity index (χ1v) is 11.7. The molecule has 1 N–H and O–H groups in total. The summed E-state index contributed by atoms with van der Waals surface area (Å²) < 4.78 is 77.2. The number of hydrogen-bond donors (Lipinski definition) is 1. The number of hydrogen-bond acceptors (Lipinski definition) is 5. The van der Waals surface area contributed by atoms with Gasteiger partial charge in [-0.2, -0.15) is 13.2 Å². The molecule has 3 aromatic rings. The Bertz CT molecular complexity index is 1320. The molecule has 3 rings (SSSR count). The molecular formula is C23H20ClF3N2O5S. The van der Waals surface area contributed by atoms with Crippen molar-refractivity contribution < 1.29 is 35.9 Å². The molecule has 0 heterocycles. The Morgan fingerprint density at radius 3 is 2.23 bits per heavy atom. The summed E-state index contributed by atoms with van der Waals surface area (Å²) >= 11 is 5.92. The highest BCUT2D eigenvalue weighted by molar-refractivity contribution is 7.92. The number of methoxy groups -OCH3 is 2.